The van der Waals surface area contributed by atoms with Crippen LogP contribution in [0, 0.1) is 0 Å². The molecule has 2 N–H and O–H groups in total. The number of hydrogen-bond donors (Lipinski definition) is 1. The maximum absolute atomic E-state index is 12.8. The number of nitrogens with two attached hydrogens (primary N) is 1. The normalized spacial score (nSPS) is 15.6. The molecule has 164 valence electrons. The topological polar surface area (TPSA) is 75.8 Å². The third kappa shape index (κ3) is 6.56. The molecule has 1 aliphatic heterocycles. The summed E-state index contributed by atoms with van der Waals surface area (Å²) in [4.78, 5) is 31.7. The van der Waals surface area contributed by atoms with Gasteiger partial charge in [0.15, 0.2) is 0 Å². The molecular formula is C21H19Br2Cl2N3O2Se. The van der Waals surface area contributed by atoms with Gasteiger partial charge >= 0.3 is 215 Å². The van der Waals surface area contributed by atoms with E-state index >= 15 is 0 Å². The minimum absolute atomic E-state index is 0.0334. The summed E-state index contributed by atoms with van der Waals surface area (Å²) in [6, 6.07) is 8.85. The number of piperidine rings is 1. The fraction of sp³-hybridized carbons (Fsp3) is 0.286. The standard InChI is InChI=1S/C21H19Br2Cl2N3O2Se/c22-17-7-6-16(31-17)21(27-14-5-4-12(24)10-13(14)25)19(23)20(26)15(29)11-18(30)28-8-2-1-3-9-28/h4-7,10H,1-3,8-9,11,26H2/b20-19+,27-21?. The molecule has 2 aromatic rings. The van der Waals surface area contributed by atoms with Crippen molar-refractivity contribution in [3.8, 4) is 0 Å². The number of nitrogens with zero attached hydrogens (tertiary/aromatic N) is 2. The van der Waals surface area contributed by atoms with Crippen LogP contribution in [0.2, 0.25) is 10.0 Å². The fourth-order valence-corrected chi connectivity index (χ4v) is 6.92. The first-order valence-electron chi connectivity index (χ1n) is 9.52. The fourth-order valence-electron chi connectivity index (χ4n) is 3.08. The van der Waals surface area contributed by atoms with E-state index in [9.17, 15) is 9.59 Å². The number of likely N-dealkylation sites (tertiary alicyclic amines) is 1. The summed E-state index contributed by atoms with van der Waals surface area (Å²) in [6.45, 7) is 1.38. The first-order chi connectivity index (χ1) is 14.8. The predicted octanol–water partition coefficient (Wildman–Crippen LogP) is 5.47. The summed E-state index contributed by atoms with van der Waals surface area (Å²) >= 11 is 19.2. The average Bonchev–Trinajstić information content (AvgIpc) is 3.18. The third-order valence-corrected chi connectivity index (χ3v) is 9.01. The number of ketones is 1. The van der Waals surface area contributed by atoms with Crippen LogP contribution >= 0.6 is 55.1 Å². The van der Waals surface area contributed by atoms with E-state index in [1.54, 1.807) is 23.1 Å². The van der Waals surface area contributed by atoms with Crippen LogP contribution in [0.3, 0.4) is 0 Å². The van der Waals surface area contributed by atoms with E-state index < -0.39 is 5.78 Å². The first-order valence-corrected chi connectivity index (χ1v) is 13.6. The molecule has 0 radical (unpaired) electrons. The first kappa shape index (κ1) is 24.7. The molecule has 5 nitrogen and oxygen atoms in total. The molecule has 3 rings (SSSR count). The van der Waals surface area contributed by atoms with Crippen molar-refractivity contribution in [3.05, 3.63) is 58.3 Å². The van der Waals surface area contributed by atoms with Crippen molar-refractivity contribution in [1.29, 1.82) is 0 Å². The van der Waals surface area contributed by atoms with Crippen molar-refractivity contribution in [2.75, 3.05) is 13.1 Å². The van der Waals surface area contributed by atoms with Gasteiger partial charge in [-0.2, -0.15) is 0 Å². The SMILES string of the molecule is N/C(C(=O)CC(=O)N1CCCCC1)=C(/Br)C(=Nc1ccc(Cl)cc1Cl)c1ccc(Br)[se]1. The van der Waals surface area contributed by atoms with Gasteiger partial charge in [-0.15, -0.1) is 0 Å². The number of amides is 1. The monoisotopic (exact) mass is 653 g/mol. The average molecular weight is 655 g/mol. The molecule has 31 heavy (non-hydrogen) atoms. The zero-order valence-electron chi connectivity index (χ0n) is 16.3. The van der Waals surface area contributed by atoms with Gasteiger partial charge in [0.1, 0.15) is 0 Å². The molecule has 2 heterocycles. The van der Waals surface area contributed by atoms with Crippen LogP contribution in [0.15, 0.2) is 48.9 Å². The zero-order chi connectivity index (χ0) is 22.5. The second-order valence-electron chi connectivity index (χ2n) is 6.93. The van der Waals surface area contributed by atoms with E-state index in [0.29, 0.717) is 39.0 Å². The summed E-state index contributed by atoms with van der Waals surface area (Å²) in [5.41, 5.74) is 7.16. The molecule has 1 fully saturated rings. The molecule has 1 aliphatic rings. The Hall–Kier alpha value is -0.891. The number of halogens is 4. The van der Waals surface area contributed by atoms with Gasteiger partial charge in [-0.3, -0.25) is 0 Å². The van der Waals surface area contributed by atoms with Gasteiger partial charge in [0.25, 0.3) is 0 Å². The van der Waals surface area contributed by atoms with E-state index in [1.807, 2.05) is 12.1 Å². The molecule has 0 saturated carbocycles. The van der Waals surface area contributed by atoms with Crippen LogP contribution in [0.25, 0.3) is 0 Å². The van der Waals surface area contributed by atoms with Gasteiger partial charge < -0.3 is 0 Å². The molecule has 0 spiro atoms. The van der Waals surface area contributed by atoms with Gasteiger partial charge in [0, 0.05) is 0 Å². The molecule has 1 aromatic heterocycles. The Morgan fingerprint density at radius 2 is 1.84 bits per heavy atom. The number of carbonyl (C=O) groups is 2. The van der Waals surface area contributed by atoms with Crippen LogP contribution < -0.4 is 5.73 Å². The molecule has 1 saturated heterocycles. The Balaban J connectivity index is 1.93. The van der Waals surface area contributed by atoms with Gasteiger partial charge in [0.05, 0.1) is 0 Å². The Bertz CT molecular complexity index is 1060. The molecular weight excluding hydrogens is 636 g/mol. The van der Waals surface area contributed by atoms with Crippen molar-refractivity contribution in [2.24, 2.45) is 10.7 Å². The number of Topliss-reactive ketones (excluding diaryl/α,β-unsaturated/α-hetero) is 1. The molecule has 0 unspecified atom stereocenters. The number of hydrogen-bond acceptors (Lipinski definition) is 4. The van der Waals surface area contributed by atoms with Crippen molar-refractivity contribution in [2.45, 2.75) is 25.7 Å². The number of rotatable bonds is 6. The molecule has 1 aromatic carbocycles. The molecule has 10 heteroatoms. The number of allylic oxidation sites excluding steroid dienone is 2. The third-order valence-electron chi connectivity index (χ3n) is 4.71. The zero-order valence-corrected chi connectivity index (χ0v) is 22.7. The van der Waals surface area contributed by atoms with Crippen molar-refractivity contribution in [3.63, 3.8) is 0 Å². The summed E-state index contributed by atoms with van der Waals surface area (Å²) in [7, 11) is 0. The summed E-state index contributed by atoms with van der Waals surface area (Å²) in [6.07, 6.45) is 2.78. The second-order valence-corrected chi connectivity index (χ2v) is 12.9. The van der Waals surface area contributed by atoms with Crippen LogP contribution in [-0.2, 0) is 9.59 Å². The summed E-state index contributed by atoms with van der Waals surface area (Å²) in [5, 5.41) is 0.883. The molecule has 0 atom stereocenters. The van der Waals surface area contributed by atoms with Crippen molar-refractivity contribution < 1.29 is 9.59 Å². The van der Waals surface area contributed by atoms with Gasteiger partial charge in [-0.25, -0.2) is 0 Å². The second kappa shape index (κ2) is 11.3. The van der Waals surface area contributed by atoms with Gasteiger partial charge in [-0.1, -0.05) is 0 Å². The summed E-state index contributed by atoms with van der Waals surface area (Å²) in [5.74, 6) is -0.628. The van der Waals surface area contributed by atoms with E-state index in [1.165, 1.54) is 0 Å². The number of benzene rings is 1. The van der Waals surface area contributed by atoms with Crippen molar-refractivity contribution >= 4 is 92.7 Å². The van der Waals surface area contributed by atoms with Gasteiger partial charge in [0.2, 0.25) is 0 Å². The predicted molar refractivity (Wildman–Crippen MR) is 134 cm³/mol. The van der Waals surface area contributed by atoms with E-state index in [4.69, 9.17) is 28.9 Å². The van der Waals surface area contributed by atoms with Crippen LogP contribution in [0.5, 0.6) is 0 Å². The maximum atomic E-state index is 12.8. The Morgan fingerprint density at radius 1 is 1.13 bits per heavy atom. The minimum atomic E-state index is -0.435. The molecule has 1 amide bonds. The Kier molecular flexibility index (Phi) is 9.02. The Morgan fingerprint density at radius 3 is 2.45 bits per heavy atom. The molecule has 0 bridgehead atoms. The van der Waals surface area contributed by atoms with Crippen LogP contribution in [0.4, 0.5) is 5.69 Å². The molecule has 0 aliphatic carbocycles. The van der Waals surface area contributed by atoms with Gasteiger partial charge in [-0.05, 0) is 0 Å². The summed E-state index contributed by atoms with van der Waals surface area (Å²) < 4.78 is 2.30. The van der Waals surface area contributed by atoms with Crippen LogP contribution in [-0.4, -0.2) is 49.9 Å². The van der Waals surface area contributed by atoms with E-state index in [2.05, 4.69) is 36.9 Å². The number of carbonyl (C=O) groups excluding carboxylic acids is 2. The van der Waals surface area contributed by atoms with E-state index in [0.717, 1.165) is 27.0 Å². The number of aliphatic imine (C=N–C) groups is 1. The van der Waals surface area contributed by atoms with E-state index in [-0.39, 0.29) is 32.5 Å². The Labute approximate surface area is 213 Å². The van der Waals surface area contributed by atoms with Crippen LogP contribution in [0.1, 0.15) is 30.1 Å². The quantitative estimate of drug-likeness (QED) is 0.194. The van der Waals surface area contributed by atoms with Crippen molar-refractivity contribution in [1.82, 2.24) is 4.90 Å².